The minimum Gasteiger partial charge on any atom is -0.497 e. The first-order chi connectivity index (χ1) is 10.2. The number of hydrogen-bond acceptors (Lipinski definition) is 4. The van der Waals surface area contributed by atoms with Crippen LogP contribution in [0.25, 0.3) is 10.9 Å². The summed E-state index contributed by atoms with van der Waals surface area (Å²) in [6.07, 6.45) is 1.56. The molecule has 0 radical (unpaired) electrons. The molecule has 5 nitrogen and oxygen atoms in total. The van der Waals surface area contributed by atoms with Crippen LogP contribution in [0.15, 0.2) is 47.4 Å². The minimum absolute atomic E-state index is 0.177. The highest BCUT2D eigenvalue weighted by Gasteiger charge is 2.08. The van der Waals surface area contributed by atoms with Gasteiger partial charge in [0.15, 0.2) is 0 Å². The number of ether oxygens (including phenoxy) is 1. The van der Waals surface area contributed by atoms with E-state index in [1.54, 1.807) is 19.4 Å². The van der Waals surface area contributed by atoms with E-state index in [-0.39, 0.29) is 12.1 Å². The molecular formula is C15H12ClN3O2. The number of fused-ring (bicyclic) bond motifs is 1. The number of rotatable bonds is 3. The number of methoxy groups -OCH3 is 1. The Balaban J connectivity index is 2.05. The van der Waals surface area contributed by atoms with Crippen molar-refractivity contribution >= 4 is 22.5 Å². The van der Waals surface area contributed by atoms with Crippen LogP contribution in [0, 0.1) is 0 Å². The first kappa shape index (κ1) is 13.6. The number of aromatic nitrogens is 3. The van der Waals surface area contributed by atoms with Crippen LogP contribution in [-0.4, -0.2) is 21.9 Å². The molecule has 6 heteroatoms. The van der Waals surface area contributed by atoms with Crippen molar-refractivity contribution < 1.29 is 4.74 Å². The van der Waals surface area contributed by atoms with E-state index in [0.29, 0.717) is 5.15 Å². The zero-order valence-electron chi connectivity index (χ0n) is 11.3. The molecule has 0 fully saturated rings. The van der Waals surface area contributed by atoms with Gasteiger partial charge in [0.1, 0.15) is 10.9 Å². The molecule has 0 spiro atoms. The Kier molecular flexibility index (Phi) is 3.58. The average Bonchev–Trinajstić information content (AvgIpc) is 2.49. The molecule has 21 heavy (non-hydrogen) atoms. The molecule has 0 saturated carbocycles. The largest absolute Gasteiger partial charge is 0.497 e. The van der Waals surface area contributed by atoms with E-state index in [1.807, 2.05) is 24.3 Å². The number of halogens is 1. The summed E-state index contributed by atoms with van der Waals surface area (Å²) < 4.78 is 6.51. The lowest BCUT2D eigenvalue weighted by molar-refractivity contribution is 0.415. The number of nitrogens with zero attached hydrogens (tertiary/aromatic N) is 3. The summed E-state index contributed by atoms with van der Waals surface area (Å²) in [4.78, 5) is 16.1. The van der Waals surface area contributed by atoms with Crippen LogP contribution >= 0.6 is 11.6 Å². The first-order valence-corrected chi connectivity index (χ1v) is 6.70. The van der Waals surface area contributed by atoms with E-state index in [9.17, 15) is 4.79 Å². The molecule has 106 valence electrons. The topological polar surface area (TPSA) is 57.0 Å². The van der Waals surface area contributed by atoms with Gasteiger partial charge in [-0.15, -0.1) is 0 Å². The molecule has 0 N–H and O–H groups in total. The summed E-state index contributed by atoms with van der Waals surface area (Å²) in [6.45, 7) is 0.285. The van der Waals surface area contributed by atoms with Gasteiger partial charge in [0.05, 0.1) is 19.2 Å². The zero-order chi connectivity index (χ0) is 14.8. The lowest BCUT2D eigenvalue weighted by Gasteiger charge is -2.08. The highest BCUT2D eigenvalue weighted by Crippen LogP contribution is 2.24. The molecule has 0 bridgehead atoms. The van der Waals surface area contributed by atoms with Crippen molar-refractivity contribution in [2.45, 2.75) is 6.54 Å². The zero-order valence-corrected chi connectivity index (χ0v) is 12.0. The Bertz CT molecular complexity index is 861. The van der Waals surface area contributed by atoms with E-state index in [2.05, 4.69) is 10.1 Å². The van der Waals surface area contributed by atoms with Gasteiger partial charge < -0.3 is 4.74 Å². The van der Waals surface area contributed by atoms with Gasteiger partial charge in [0.2, 0.25) is 0 Å². The van der Waals surface area contributed by atoms with Gasteiger partial charge in [-0.05, 0) is 24.3 Å². The summed E-state index contributed by atoms with van der Waals surface area (Å²) in [5.41, 5.74) is 1.31. The molecule has 0 amide bonds. The number of benzene rings is 1. The molecule has 3 aromatic rings. The van der Waals surface area contributed by atoms with Crippen molar-refractivity contribution in [3.63, 3.8) is 0 Å². The van der Waals surface area contributed by atoms with Gasteiger partial charge in [0, 0.05) is 29.3 Å². The van der Waals surface area contributed by atoms with Crippen LogP contribution in [0.5, 0.6) is 5.75 Å². The summed E-state index contributed by atoms with van der Waals surface area (Å²) in [6, 6.07) is 10.5. The third-order valence-corrected chi connectivity index (χ3v) is 3.48. The molecule has 0 aliphatic rings. The fourth-order valence-electron chi connectivity index (χ4n) is 2.07. The van der Waals surface area contributed by atoms with Crippen molar-refractivity contribution in [3.05, 3.63) is 63.7 Å². The molecule has 1 aromatic carbocycles. The third-order valence-electron chi connectivity index (χ3n) is 3.16. The standard InChI is InChI=1S/C15H12ClN3O2/c1-21-12-5-4-10-7-11(15(16)18-13(10)8-12)9-19-14(20)3-2-6-17-19/h2-8H,9H2,1H3. The van der Waals surface area contributed by atoms with E-state index < -0.39 is 0 Å². The SMILES string of the molecule is COc1ccc2cc(Cn3ncccc3=O)c(Cl)nc2c1. The van der Waals surface area contributed by atoms with Crippen LogP contribution in [0.4, 0.5) is 0 Å². The summed E-state index contributed by atoms with van der Waals surface area (Å²) in [5, 5.41) is 5.30. The second-order valence-electron chi connectivity index (χ2n) is 4.52. The van der Waals surface area contributed by atoms with Crippen molar-refractivity contribution in [3.8, 4) is 5.75 Å². The highest BCUT2D eigenvalue weighted by atomic mass is 35.5. The molecular weight excluding hydrogens is 290 g/mol. The Morgan fingerprint density at radius 3 is 2.90 bits per heavy atom. The van der Waals surface area contributed by atoms with Crippen LogP contribution < -0.4 is 10.3 Å². The normalized spacial score (nSPS) is 10.8. The second-order valence-corrected chi connectivity index (χ2v) is 4.87. The molecule has 0 aliphatic heterocycles. The number of pyridine rings is 1. The molecule has 2 heterocycles. The molecule has 0 unspecified atom stereocenters. The van der Waals surface area contributed by atoms with E-state index in [4.69, 9.17) is 16.3 Å². The molecule has 3 rings (SSSR count). The Labute approximate surface area is 125 Å². The van der Waals surface area contributed by atoms with E-state index in [1.165, 1.54) is 10.7 Å². The molecule has 2 aromatic heterocycles. The monoisotopic (exact) mass is 301 g/mol. The maximum Gasteiger partial charge on any atom is 0.267 e. The van der Waals surface area contributed by atoms with Gasteiger partial charge >= 0.3 is 0 Å². The van der Waals surface area contributed by atoms with Gasteiger partial charge in [0.25, 0.3) is 5.56 Å². The van der Waals surface area contributed by atoms with Gasteiger partial charge in [-0.1, -0.05) is 11.6 Å². The van der Waals surface area contributed by atoms with Crippen molar-refractivity contribution in [2.24, 2.45) is 0 Å². The van der Waals surface area contributed by atoms with Crippen molar-refractivity contribution in [1.29, 1.82) is 0 Å². The average molecular weight is 302 g/mol. The maximum absolute atomic E-state index is 11.7. The Morgan fingerprint density at radius 2 is 2.14 bits per heavy atom. The van der Waals surface area contributed by atoms with Crippen LogP contribution in [0.3, 0.4) is 0 Å². The summed E-state index contributed by atoms with van der Waals surface area (Å²) >= 11 is 6.21. The van der Waals surface area contributed by atoms with Crippen molar-refractivity contribution in [2.75, 3.05) is 7.11 Å². The number of hydrogen-bond donors (Lipinski definition) is 0. The predicted octanol–water partition coefficient (Wildman–Crippen LogP) is 2.50. The molecule has 0 aliphatic carbocycles. The Hall–Kier alpha value is -2.40. The van der Waals surface area contributed by atoms with Crippen molar-refractivity contribution in [1.82, 2.24) is 14.8 Å². The lowest BCUT2D eigenvalue weighted by atomic mass is 10.1. The smallest absolute Gasteiger partial charge is 0.267 e. The minimum atomic E-state index is -0.177. The van der Waals surface area contributed by atoms with E-state index >= 15 is 0 Å². The molecule has 0 atom stereocenters. The van der Waals surface area contributed by atoms with Gasteiger partial charge in [-0.3, -0.25) is 4.79 Å². The second kappa shape index (κ2) is 5.54. The lowest BCUT2D eigenvalue weighted by Crippen LogP contribution is -2.21. The highest BCUT2D eigenvalue weighted by molar-refractivity contribution is 6.30. The summed E-state index contributed by atoms with van der Waals surface area (Å²) in [7, 11) is 1.60. The Morgan fingerprint density at radius 1 is 1.29 bits per heavy atom. The third kappa shape index (κ3) is 2.73. The predicted molar refractivity (Wildman–Crippen MR) is 80.9 cm³/mol. The quantitative estimate of drug-likeness (QED) is 0.698. The fourth-order valence-corrected chi connectivity index (χ4v) is 2.28. The maximum atomic E-state index is 11.7. The summed E-state index contributed by atoms with van der Waals surface area (Å²) in [5.74, 6) is 0.722. The van der Waals surface area contributed by atoms with Crippen LogP contribution in [0.1, 0.15) is 5.56 Å². The van der Waals surface area contributed by atoms with Crippen LogP contribution in [-0.2, 0) is 6.54 Å². The first-order valence-electron chi connectivity index (χ1n) is 6.33. The van der Waals surface area contributed by atoms with Gasteiger partial charge in [-0.25, -0.2) is 9.67 Å². The fraction of sp³-hybridized carbons (Fsp3) is 0.133. The van der Waals surface area contributed by atoms with Crippen LogP contribution in [0.2, 0.25) is 5.15 Å². The molecule has 0 saturated heterocycles. The van der Waals surface area contributed by atoms with Gasteiger partial charge in [-0.2, -0.15) is 5.10 Å². The van der Waals surface area contributed by atoms with E-state index in [0.717, 1.165) is 22.2 Å².